The summed E-state index contributed by atoms with van der Waals surface area (Å²) in [5, 5.41) is 6.43. The third kappa shape index (κ3) is 4.60. The summed E-state index contributed by atoms with van der Waals surface area (Å²) in [6.07, 6.45) is 0. The highest BCUT2D eigenvalue weighted by Crippen LogP contribution is 2.10. The van der Waals surface area contributed by atoms with E-state index in [1.165, 1.54) is 5.56 Å². The van der Waals surface area contributed by atoms with Crippen molar-refractivity contribution in [3.05, 3.63) is 51.6 Å². The topological polar surface area (TPSA) is 62.5 Å². The van der Waals surface area contributed by atoms with Gasteiger partial charge in [-0.2, -0.15) is 0 Å². The number of nitrogens with one attached hydrogen (secondary N) is 2. The Balaban J connectivity index is 1.84. The van der Waals surface area contributed by atoms with Gasteiger partial charge in [0.05, 0.1) is 12.2 Å². The van der Waals surface area contributed by atoms with Crippen molar-refractivity contribution in [1.29, 1.82) is 0 Å². The molecule has 0 saturated carbocycles. The van der Waals surface area contributed by atoms with Gasteiger partial charge in [0.1, 0.15) is 5.76 Å². The zero-order chi connectivity index (χ0) is 15.2. The maximum Gasteiger partial charge on any atom is 0.214 e. The summed E-state index contributed by atoms with van der Waals surface area (Å²) in [4.78, 5) is 8.51. The predicted molar refractivity (Wildman–Crippen MR) is 87.2 cm³/mol. The number of rotatable bonds is 4. The molecule has 0 atom stereocenters. The zero-order valence-corrected chi connectivity index (χ0v) is 14.0. The second-order valence-electron chi connectivity index (χ2n) is 4.65. The third-order valence-electron chi connectivity index (χ3n) is 3.08. The molecule has 0 bridgehead atoms. The lowest BCUT2D eigenvalue weighted by atomic mass is 10.2. The van der Waals surface area contributed by atoms with E-state index in [0.717, 1.165) is 15.9 Å². The van der Waals surface area contributed by atoms with Crippen LogP contribution in [0.25, 0.3) is 0 Å². The van der Waals surface area contributed by atoms with Gasteiger partial charge in [0.2, 0.25) is 5.89 Å². The van der Waals surface area contributed by atoms with Crippen LogP contribution in [0, 0.1) is 13.8 Å². The summed E-state index contributed by atoms with van der Waals surface area (Å²) in [7, 11) is 1.74. The molecule has 0 aliphatic carbocycles. The first-order chi connectivity index (χ1) is 10.1. The molecule has 0 fully saturated rings. The second-order valence-corrected chi connectivity index (χ2v) is 5.57. The van der Waals surface area contributed by atoms with Crippen LogP contribution in [0.1, 0.15) is 22.9 Å². The predicted octanol–water partition coefficient (Wildman–Crippen LogP) is 2.92. The molecule has 2 rings (SSSR count). The number of guanidine groups is 1. The van der Waals surface area contributed by atoms with E-state index in [0.29, 0.717) is 24.9 Å². The quantitative estimate of drug-likeness (QED) is 0.657. The Bertz CT molecular complexity index is 600. The van der Waals surface area contributed by atoms with Gasteiger partial charge in [-0.25, -0.2) is 4.98 Å². The first-order valence-corrected chi connectivity index (χ1v) is 7.49. The summed E-state index contributed by atoms with van der Waals surface area (Å²) < 4.78 is 6.60. The average Bonchev–Trinajstić information content (AvgIpc) is 2.80. The molecule has 0 spiro atoms. The van der Waals surface area contributed by atoms with Gasteiger partial charge in [-0.1, -0.05) is 28.1 Å². The van der Waals surface area contributed by atoms with Crippen LogP contribution >= 0.6 is 15.9 Å². The summed E-state index contributed by atoms with van der Waals surface area (Å²) in [5.74, 6) is 2.23. The molecule has 0 aliphatic heterocycles. The average molecular weight is 351 g/mol. The number of hydrogen-bond acceptors (Lipinski definition) is 3. The van der Waals surface area contributed by atoms with Crippen LogP contribution < -0.4 is 10.6 Å². The maximum absolute atomic E-state index is 5.52. The molecule has 0 saturated heterocycles. The smallest absolute Gasteiger partial charge is 0.214 e. The van der Waals surface area contributed by atoms with Crippen LogP contribution in [0.2, 0.25) is 0 Å². The Kier molecular flexibility index (Phi) is 5.38. The van der Waals surface area contributed by atoms with Crippen molar-refractivity contribution >= 4 is 21.9 Å². The van der Waals surface area contributed by atoms with Crippen molar-refractivity contribution in [3.8, 4) is 0 Å². The highest BCUT2D eigenvalue weighted by molar-refractivity contribution is 9.10. The van der Waals surface area contributed by atoms with Crippen molar-refractivity contribution in [2.75, 3.05) is 7.05 Å². The van der Waals surface area contributed by atoms with E-state index in [2.05, 4.69) is 48.7 Å². The van der Waals surface area contributed by atoms with Gasteiger partial charge in [-0.15, -0.1) is 0 Å². The second kappa shape index (κ2) is 7.26. The molecule has 0 unspecified atom stereocenters. The highest BCUT2D eigenvalue weighted by atomic mass is 79.9. The SMILES string of the molecule is CN=C(NCc1ccc(Br)cc1)NCc1nc(C)c(C)o1. The molecule has 21 heavy (non-hydrogen) atoms. The van der Waals surface area contributed by atoms with Crippen LogP contribution in [-0.4, -0.2) is 18.0 Å². The van der Waals surface area contributed by atoms with Crippen molar-refractivity contribution in [3.63, 3.8) is 0 Å². The number of benzene rings is 1. The fourth-order valence-corrected chi connectivity index (χ4v) is 2.05. The molecule has 1 aromatic heterocycles. The summed E-state index contributed by atoms with van der Waals surface area (Å²) in [5.41, 5.74) is 2.11. The Labute approximate surface area is 133 Å². The molecular formula is C15H19BrN4O. The third-order valence-corrected chi connectivity index (χ3v) is 3.61. The molecule has 5 nitrogen and oxygen atoms in total. The van der Waals surface area contributed by atoms with Gasteiger partial charge in [-0.3, -0.25) is 4.99 Å². The van der Waals surface area contributed by atoms with Crippen LogP contribution in [0.4, 0.5) is 0 Å². The molecule has 0 radical (unpaired) electrons. The van der Waals surface area contributed by atoms with Crippen molar-refractivity contribution in [1.82, 2.24) is 15.6 Å². The molecular weight excluding hydrogens is 332 g/mol. The Morgan fingerprint density at radius 1 is 1.19 bits per heavy atom. The van der Waals surface area contributed by atoms with E-state index in [-0.39, 0.29) is 0 Å². The molecule has 0 amide bonds. The van der Waals surface area contributed by atoms with Crippen molar-refractivity contribution < 1.29 is 4.42 Å². The van der Waals surface area contributed by atoms with Crippen LogP contribution in [0.5, 0.6) is 0 Å². The summed E-state index contributed by atoms with van der Waals surface area (Å²) in [6.45, 7) is 5.06. The van der Waals surface area contributed by atoms with Crippen LogP contribution in [0.15, 0.2) is 38.1 Å². The number of aliphatic imine (C=N–C) groups is 1. The number of aryl methyl sites for hydroxylation is 2. The first-order valence-electron chi connectivity index (χ1n) is 6.70. The molecule has 0 aliphatic rings. The Morgan fingerprint density at radius 3 is 2.43 bits per heavy atom. The molecule has 1 heterocycles. The minimum atomic E-state index is 0.509. The van der Waals surface area contributed by atoms with E-state index >= 15 is 0 Å². The first kappa shape index (κ1) is 15.6. The Morgan fingerprint density at radius 2 is 1.86 bits per heavy atom. The number of halogens is 1. The fraction of sp³-hybridized carbons (Fsp3) is 0.333. The Hall–Kier alpha value is -1.82. The number of oxazole rings is 1. The molecule has 1 aromatic carbocycles. The lowest BCUT2D eigenvalue weighted by Gasteiger charge is -2.10. The zero-order valence-electron chi connectivity index (χ0n) is 12.4. The lowest BCUT2D eigenvalue weighted by molar-refractivity contribution is 0.463. The summed E-state index contributed by atoms with van der Waals surface area (Å²) >= 11 is 3.42. The molecule has 2 N–H and O–H groups in total. The van der Waals surface area contributed by atoms with Crippen molar-refractivity contribution in [2.45, 2.75) is 26.9 Å². The van der Waals surface area contributed by atoms with E-state index < -0.39 is 0 Å². The minimum absolute atomic E-state index is 0.509. The highest BCUT2D eigenvalue weighted by Gasteiger charge is 2.06. The van der Waals surface area contributed by atoms with Gasteiger partial charge in [0, 0.05) is 18.1 Å². The fourth-order valence-electron chi connectivity index (χ4n) is 1.78. The lowest BCUT2D eigenvalue weighted by Crippen LogP contribution is -2.36. The van der Waals surface area contributed by atoms with Gasteiger partial charge >= 0.3 is 0 Å². The van der Waals surface area contributed by atoms with E-state index in [9.17, 15) is 0 Å². The van der Waals surface area contributed by atoms with E-state index in [1.54, 1.807) is 7.05 Å². The minimum Gasteiger partial charge on any atom is -0.444 e. The number of nitrogens with zero attached hydrogens (tertiary/aromatic N) is 2. The van der Waals surface area contributed by atoms with Gasteiger partial charge < -0.3 is 15.1 Å². The number of hydrogen-bond donors (Lipinski definition) is 2. The maximum atomic E-state index is 5.52. The van der Waals surface area contributed by atoms with Gasteiger partial charge in [0.25, 0.3) is 0 Å². The normalized spacial score (nSPS) is 11.5. The summed E-state index contributed by atoms with van der Waals surface area (Å²) in [6, 6.07) is 8.16. The number of aromatic nitrogens is 1. The van der Waals surface area contributed by atoms with Crippen LogP contribution in [-0.2, 0) is 13.1 Å². The van der Waals surface area contributed by atoms with E-state index in [1.807, 2.05) is 26.0 Å². The molecule has 6 heteroatoms. The van der Waals surface area contributed by atoms with Crippen LogP contribution in [0.3, 0.4) is 0 Å². The van der Waals surface area contributed by atoms with E-state index in [4.69, 9.17) is 4.42 Å². The van der Waals surface area contributed by atoms with Gasteiger partial charge in [-0.05, 0) is 31.5 Å². The van der Waals surface area contributed by atoms with Crippen molar-refractivity contribution in [2.24, 2.45) is 4.99 Å². The monoisotopic (exact) mass is 350 g/mol. The molecule has 112 valence electrons. The van der Waals surface area contributed by atoms with Gasteiger partial charge in [0.15, 0.2) is 5.96 Å². The standard InChI is InChI=1S/C15H19BrN4O/c1-10-11(2)21-14(20-10)9-19-15(17-3)18-8-12-4-6-13(16)7-5-12/h4-7H,8-9H2,1-3H3,(H2,17,18,19). The molecule has 2 aromatic rings. The largest absolute Gasteiger partial charge is 0.444 e.